The molecule has 11 heteroatoms. The van der Waals surface area contributed by atoms with Gasteiger partial charge in [-0.3, -0.25) is 19.3 Å². The summed E-state index contributed by atoms with van der Waals surface area (Å²) in [5, 5.41) is 2.52. The van der Waals surface area contributed by atoms with Crippen molar-refractivity contribution in [3.63, 3.8) is 0 Å². The van der Waals surface area contributed by atoms with Crippen LogP contribution in [0.3, 0.4) is 0 Å². The van der Waals surface area contributed by atoms with Crippen molar-refractivity contribution in [1.82, 2.24) is 15.1 Å². The van der Waals surface area contributed by atoms with Crippen molar-refractivity contribution < 1.29 is 28.7 Å². The maximum atomic E-state index is 12.0. The predicted octanol–water partition coefficient (Wildman–Crippen LogP) is 2.06. The fourth-order valence-electron chi connectivity index (χ4n) is 6.31. The Morgan fingerprint density at radius 3 is 2.52 bits per heavy atom. The number of benzene rings is 1. The smallest absolute Gasteiger partial charge is 0.219 e. The molecule has 3 heterocycles. The molecule has 0 radical (unpaired) electrons. The molecule has 11 nitrogen and oxygen atoms in total. The Morgan fingerprint density at radius 1 is 1.11 bits per heavy atom. The number of methoxy groups -OCH3 is 1. The zero-order chi connectivity index (χ0) is 31.9. The summed E-state index contributed by atoms with van der Waals surface area (Å²) < 4.78 is 11.0. The quantitative estimate of drug-likeness (QED) is 0.267. The summed E-state index contributed by atoms with van der Waals surface area (Å²) in [5.41, 5.74) is 1.93. The van der Waals surface area contributed by atoms with E-state index in [1.165, 1.54) is 44.2 Å². The highest BCUT2D eigenvalue weighted by Crippen LogP contribution is 2.33. The Labute approximate surface area is 262 Å². The number of para-hydroxylation sites is 1. The van der Waals surface area contributed by atoms with Crippen molar-refractivity contribution in [2.75, 3.05) is 70.9 Å². The number of piperidine rings is 1. The van der Waals surface area contributed by atoms with Gasteiger partial charge in [-0.05, 0) is 63.6 Å². The van der Waals surface area contributed by atoms with E-state index in [0.29, 0.717) is 42.7 Å². The Bertz CT molecular complexity index is 1140. The fraction of sp³-hybridized carbons (Fsp3) is 0.636. The molecular formula is C33H49N5O6. The van der Waals surface area contributed by atoms with Crippen LogP contribution < -0.4 is 15.1 Å². The lowest BCUT2D eigenvalue weighted by molar-refractivity contribution is -0.121. The molecule has 0 spiro atoms. The standard InChI is InChI=1S/C24H32N4O5.C9H17NO/c1-25-23(32)10-9-20(16-29)28(18-31)22-8-4-6-19(24(22)26(2)3)7-5-15-33-21-11-13-27(17-30)14-12-21;1-11-7-9-5-4-8-3-2-6-10(8)9/h4,6,8,16-18,20-21H,9-15H2,1-3H3,(H,25,32);8-9H,2-7H2,1H3. The summed E-state index contributed by atoms with van der Waals surface area (Å²) in [7, 11) is 7.01. The normalized spacial score (nSPS) is 20.3. The Morgan fingerprint density at radius 2 is 1.89 bits per heavy atom. The molecule has 0 saturated carbocycles. The number of rotatable bonds is 13. The molecule has 1 aromatic carbocycles. The first-order chi connectivity index (χ1) is 21.4. The highest BCUT2D eigenvalue weighted by molar-refractivity contribution is 5.91. The lowest BCUT2D eigenvalue weighted by atomic mass is 10.1. The van der Waals surface area contributed by atoms with Crippen LogP contribution in [0.4, 0.5) is 11.4 Å². The highest BCUT2D eigenvalue weighted by atomic mass is 16.5. The monoisotopic (exact) mass is 611 g/mol. The number of carbonyl (C=O) groups is 4. The van der Waals surface area contributed by atoms with Crippen LogP contribution in [0.2, 0.25) is 0 Å². The lowest BCUT2D eigenvalue weighted by Gasteiger charge is -2.29. The molecule has 0 aromatic heterocycles. The molecule has 3 aliphatic heterocycles. The number of fused-ring (bicyclic) bond motifs is 1. The number of aldehydes is 1. The van der Waals surface area contributed by atoms with E-state index >= 15 is 0 Å². The number of hydrogen-bond acceptors (Lipinski definition) is 8. The molecule has 3 atom stereocenters. The van der Waals surface area contributed by atoms with Gasteiger partial charge in [0.25, 0.3) is 0 Å². The van der Waals surface area contributed by atoms with Gasteiger partial charge in [0.2, 0.25) is 18.7 Å². The first-order valence-electron chi connectivity index (χ1n) is 15.6. The molecular weight excluding hydrogens is 562 g/mol. The average molecular weight is 612 g/mol. The average Bonchev–Trinajstić information content (AvgIpc) is 3.67. The molecule has 44 heavy (non-hydrogen) atoms. The van der Waals surface area contributed by atoms with Crippen LogP contribution in [-0.4, -0.2) is 120 Å². The maximum Gasteiger partial charge on any atom is 0.219 e. The minimum absolute atomic E-state index is 0.0781. The van der Waals surface area contributed by atoms with Crippen LogP contribution in [0.1, 0.15) is 56.9 Å². The summed E-state index contributed by atoms with van der Waals surface area (Å²) >= 11 is 0. The summed E-state index contributed by atoms with van der Waals surface area (Å²) in [6, 6.07) is 6.25. The Balaban J connectivity index is 0.000000397. The summed E-state index contributed by atoms with van der Waals surface area (Å²) in [5.74, 6) is 5.95. The van der Waals surface area contributed by atoms with Crippen LogP contribution in [0.25, 0.3) is 0 Å². The summed E-state index contributed by atoms with van der Waals surface area (Å²) in [6.07, 6.45) is 9.75. The Hall–Kier alpha value is -3.46. The largest absolute Gasteiger partial charge is 0.383 e. The topological polar surface area (TPSA) is 112 Å². The number of likely N-dealkylation sites (tertiary alicyclic amines) is 1. The van der Waals surface area contributed by atoms with Gasteiger partial charge in [-0.2, -0.15) is 0 Å². The van der Waals surface area contributed by atoms with E-state index in [-0.39, 0.29) is 31.5 Å². The molecule has 3 aliphatic rings. The second-order valence-electron chi connectivity index (χ2n) is 11.7. The van der Waals surface area contributed by atoms with E-state index in [4.69, 9.17) is 9.47 Å². The van der Waals surface area contributed by atoms with Crippen LogP contribution >= 0.6 is 0 Å². The highest BCUT2D eigenvalue weighted by Gasteiger charge is 2.36. The van der Waals surface area contributed by atoms with Crippen LogP contribution in [0, 0.1) is 11.8 Å². The van der Waals surface area contributed by atoms with Crippen molar-refractivity contribution >= 4 is 36.4 Å². The predicted molar refractivity (Wildman–Crippen MR) is 171 cm³/mol. The number of nitrogens with one attached hydrogen (secondary N) is 1. The van der Waals surface area contributed by atoms with Crippen molar-refractivity contribution in [2.24, 2.45) is 0 Å². The maximum absolute atomic E-state index is 12.0. The van der Waals surface area contributed by atoms with Gasteiger partial charge in [0.05, 0.1) is 35.7 Å². The molecule has 0 bridgehead atoms. The first-order valence-corrected chi connectivity index (χ1v) is 15.6. The Kier molecular flexibility index (Phi) is 14.6. The SMILES string of the molecule is CNC(=O)CCC(C=O)N(C=O)c1cccc(C#CCOC2CCN(C=O)CC2)c1N(C)C.COCC1CCC2CCCN21. The number of nitrogens with zero attached hydrogens (tertiary/aromatic N) is 4. The van der Waals surface area contributed by atoms with Crippen molar-refractivity contribution in [1.29, 1.82) is 0 Å². The van der Waals surface area contributed by atoms with E-state index in [2.05, 4.69) is 22.1 Å². The van der Waals surface area contributed by atoms with Gasteiger partial charge in [0.15, 0.2) is 0 Å². The zero-order valence-electron chi connectivity index (χ0n) is 26.7. The fourth-order valence-corrected chi connectivity index (χ4v) is 6.31. The molecule has 3 fully saturated rings. The lowest BCUT2D eigenvalue weighted by Crippen LogP contribution is -2.37. The van der Waals surface area contributed by atoms with E-state index in [1.54, 1.807) is 17.0 Å². The second kappa shape index (κ2) is 18.4. The number of anilines is 2. The van der Waals surface area contributed by atoms with Gasteiger partial charge >= 0.3 is 0 Å². The van der Waals surface area contributed by atoms with Gasteiger partial charge in [-0.25, -0.2) is 0 Å². The molecule has 3 unspecified atom stereocenters. The number of amides is 3. The van der Waals surface area contributed by atoms with E-state index in [9.17, 15) is 19.2 Å². The first kappa shape index (κ1) is 35.0. The van der Waals surface area contributed by atoms with Crippen molar-refractivity contribution in [3.8, 4) is 11.8 Å². The zero-order valence-corrected chi connectivity index (χ0v) is 26.7. The third-order valence-electron chi connectivity index (χ3n) is 8.64. The van der Waals surface area contributed by atoms with Gasteiger partial charge < -0.3 is 34.3 Å². The number of ether oxygens (including phenoxy) is 2. The molecule has 242 valence electrons. The molecule has 3 amide bonds. The molecule has 3 saturated heterocycles. The van der Waals surface area contributed by atoms with Crippen LogP contribution in [0.5, 0.6) is 0 Å². The van der Waals surface area contributed by atoms with Crippen molar-refractivity contribution in [3.05, 3.63) is 23.8 Å². The van der Waals surface area contributed by atoms with E-state index in [1.807, 2.05) is 32.2 Å². The third-order valence-corrected chi connectivity index (χ3v) is 8.64. The van der Waals surface area contributed by atoms with Gasteiger partial charge in [0.1, 0.15) is 12.9 Å². The van der Waals surface area contributed by atoms with Crippen LogP contribution in [0.15, 0.2) is 18.2 Å². The molecule has 1 N–H and O–H groups in total. The summed E-state index contributed by atoms with van der Waals surface area (Å²) in [4.78, 5) is 53.7. The van der Waals surface area contributed by atoms with Crippen molar-refractivity contribution in [2.45, 2.75) is 75.6 Å². The van der Waals surface area contributed by atoms with Gasteiger partial charge in [-0.15, -0.1) is 0 Å². The summed E-state index contributed by atoms with van der Waals surface area (Å²) in [6.45, 7) is 3.89. The van der Waals surface area contributed by atoms with E-state index in [0.717, 1.165) is 37.9 Å². The molecule has 1 aromatic rings. The van der Waals surface area contributed by atoms with E-state index < -0.39 is 6.04 Å². The van der Waals surface area contributed by atoms with Crippen LogP contribution in [-0.2, 0) is 28.7 Å². The molecule has 4 rings (SSSR count). The minimum Gasteiger partial charge on any atom is -0.383 e. The minimum atomic E-state index is -0.776. The van der Waals surface area contributed by atoms with Gasteiger partial charge in [-0.1, -0.05) is 17.9 Å². The number of carbonyl (C=O) groups excluding carboxylic acids is 4. The molecule has 0 aliphatic carbocycles. The van der Waals surface area contributed by atoms with Gasteiger partial charge in [0, 0.05) is 59.8 Å². The third kappa shape index (κ3) is 9.78. The second-order valence-corrected chi connectivity index (χ2v) is 11.7. The number of hydrogen-bond donors (Lipinski definition) is 1.